The van der Waals surface area contributed by atoms with Crippen molar-refractivity contribution in [2.45, 2.75) is 19.1 Å². The van der Waals surface area contributed by atoms with Crippen molar-refractivity contribution >= 4 is 5.91 Å². The van der Waals surface area contributed by atoms with Crippen LogP contribution in [0.1, 0.15) is 11.1 Å². The average Bonchev–Trinajstić information content (AvgIpc) is 2.60. The van der Waals surface area contributed by atoms with Gasteiger partial charge in [0.25, 0.3) is 5.91 Å². The van der Waals surface area contributed by atoms with Gasteiger partial charge < -0.3 is 14.4 Å². The molecular formula is C18H17NO3. The summed E-state index contributed by atoms with van der Waals surface area (Å²) in [5.41, 5.74) is 2.55. The van der Waals surface area contributed by atoms with E-state index in [2.05, 4.69) is 12.1 Å². The molecule has 1 amide bonds. The van der Waals surface area contributed by atoms with Crippen LogP contribution in [-0.2, 0) is 17.8 Å². The van der Waals surface area contributed by atoms with Gasteiger partial charge in [0, 0.05) is 13.1 Å². The Kier molecular flexibility index (Phi) is 3.22. The van der Waals surface area contributed by atoms with Crippen molar-refractivity contribution in [1.82, 2.24) is 4.90 Å². The molecule has 2 aromatic carbocycles. The fourth-order valence-corrected chi connectivity index (χ4v) is 3.03. The van der Waals surface area contributed by atoms with Crippen LogP contribution >= 0.6 is 0 Å². The molecule has 0 aromatic heterocycles. The second kappa shape index (κ2) is 5.37. The number of para-hydroxylation sites is 2. The summed E-state index contributed by atoms with van der Waals surface area (Å²) in [5.74, 6) is 1.35. The van der Waals surface area contributed by atoms with Crippen LogP contribution in [0.4, 0.5) is 0 Å². The minimum atomic E-state index is -0.555. The highest BCUT2D eigenvalue weighted by Gasteiger charge is 2.32. The van der Waals surface area contributed by atoms with Crippen LogP contribution in [-0.4, -0.2) is 30.1 Å². The molecule has 0 bridgehead atoms. The predicted octanol–water partition coefficient (Wildman–Crippen LogP) is 2.41. The van der Waals surface area contributed by atoms with Gasteiger partial charge in [-0.3, -0.25) is 4.79 Å². The molecule has 2 aliphatic heterocycles. The Morgan fingerprint density at radius 3 is 2.59 bits per heavy atom. The number of amides is 1. The molecule has 4 heteroatoms. The molecular weight excluding hydrogens is 278 g/mol. The zero-order valence-electron chi connectivity index (χ0n) is 12.2. The zero-order chi connectivity index (χ0) is 14.9. The van der Waals surface area contributed by atoms with E-state index in [0.717, 1.165) is 13.0 Å². The van der Waals surface area contributed by atoms with Gasteiger partial charge in [0.1, 0.15) is 6.61 Å². The molecule has 0 saturated carbocycles. The third kappa shape index (κ3) is 2.30. The highest BCUT2D eigenvalue weighted by atomic mass is 16.6. The summed E-state index contributed by atoms with van der Waals surface area (Å²) in [6.07, 6.45) is 0.340. The molecule has 0 spiro atoms. The molecule has 4 nitrogen and oxygen atoms in total. The maximum absolute atomic E-state index is 12.7. The van der Waals surface area contributed by atoms with E-state index in [1.807, 2.05) is 41.3 Å². The Hall–Kier alpha value is -2.49. The lowest BCUT2D eigenvalue weighted by atomic mass is 9.99. The SMILES string of the molecule is O=C([C@H]1COc2ccccc2O1)N1CCc2ccccc2C1. The number of hydrogen-bond acceptors (Lipinski definition) is 3. The van der Waals surface area contributed by atoms with Gasteiger partial charge in [0.2, 0.25) is 6.10 Å². The van der Waals surface area contributed by atoms with Crippen molar-refractivity contribution in [2.24, 2.45) is 0 Å². The number of nitrogens with zero attached hydrogens (tertiary/aromatic N) is 1. The van der Waals surface area contributed by atoms with Gasteiger partial charge in [-0.25, -0.2) is 0 Å². The van der Waals surface area contributed by atoms with Gasteiger partial charge >= 0.3 is 0 Å². The lowest BCUT2D eigenvalue weighted by Crippen LogP contribution is -2.47. The van der Waals surface area contributed by atoms with Crippen LogP contribution < -0.4 is 9.47 Å². The van der Waals surface area contributed by atoms with Crippen molar-refractivity contribution in [2.75, 3.05) is 13.2 Å². The second-order valence-corrected chi connectivity index (χ2v) is 5.64. The summed E-state index contributed by atoms with van der Waals surface area (Å²) in [4.78, 5) is 14.6. The van der Waals surface area contributed by atoms with Crippen molar-refractivity contribution in [3.8, 4) is 11.5 Å². The minimum absolute atomic E-state index is 0.00371. The average molecular weight is 295 g/mol. The molecule has 4 rings (SSSR count). The molecule has 2 aliphatic rings. The first-order valence-electron chi connectivity index (χ1n) is 7.55. The Balaban J connectivity index is 1.50. The highest BCUT2D eigenvalue weighted by Crippen LogP contribution is 2.31. The molecule has 2 aromatic rings. The first-order valence-corrected chi connectivity index (χ1v) is 7.55. The molecule has 0 unspecified atom stereocenters. The van der Waals surface area contributed by atoms with Gasteiger partial charge in [-0.15, -0.1) is 0 Å². The van der Waals surface area contributed by atoms with Gasteiger partial charge in [-0.1, -0.05) is 36.4 Å². The number of fused-ring (bicyclic) bond motifs is 2. The van der Waals surface area contributed by atoms with Crippen molar-refractivity contribution in [3.05, 3.63) is 59.7 Å². The van der Waals surface area contributed by atoms with Crippen LogP contribution in [0, 0.1) is 0 Å². The Bertz CT molecular complexity index is 653. The van der Waals surface area contributed by atoms with Crippen LogP contribution in [0.25, 0.3) is 0 Å². The quantitative estimate of drug-likeness (QED) is 0.811. The third-order valence-electron chi connectivity index (χ3n) is 4.23. The summed E-state index contributed by atoms with van der Waals surface area (Å²) in [6, 6.07) is 15.7. The molecule has 0 saturated heterocycles. The fourth-order valence-electron chi connectivity index (χ4n) is 3.03. The van der Waals surface area contributed by atoms with Gasteiger partial charge in [0.05, 0.1) is 0 Å². The number of rotatable bonds is 1. The first-order chi connectivity index (χ1) is 10.8. The monoisotopic (exact) mass is 295 g/mol. The van der Waals surface area contributed by atoms with Gasteiger partial charge in [0.15, 0.2) is 11.5 Å². The second-order valence-electron chi connectivity index (χ2n) is 5.64. The molecule has 0 fully saturated rings. The zero-order valence-corrected chi connectivity index (χ0v) is 12.2. The molecule has 22 heavy (non-hydrogen) atoms. The lowest BCUT2D eigenvalue weighted by molar-refractivity contribution is -0.142. The molecule has 0 radical (unpaired) electrons. The maximum Gasteiger partial charge on any atom is 0.267 e. The molecule has 0 aliphatic carbocycles. The highest BCUT2D eigenvalue weighted by molar-refractivity contribution is 5.82. The number of carbonyl (C=O) groups excluding carboxylic acids is 1. The third-order valence-corrected chi connectivity index (χ3v) is 4.23. The Labute approximate surface area is 129 Å². The number of hydrogen-bond donors (Lipinski definition) is 0. The number of ether oxygens (including phenoxy) is 2. The molecule has 0 N–H and O–H groups in total. The maximum atomic E-state index is 12.7. The van der Waals surface area contributed by atoms with Crippen LogP contribution in [0.15, 0.2) is 48.5 Å². The smallest absolute Gasteiger partial charge is 0.267 e. The summed E-state index contributed by atoms with van der Waals surface area (Å²) in [5, 5.41) is 0. The number of carbonyl (C=O) groups is 1. The van der Waals surface area contributed by atoms with Crippen LogP contribution in [0.3, 0.4) is 0 Å². The van der Waals surface area contributed by atoms with E-state index in [9.17, 15) is 4.79 Å². The standard InChI is InChI=1S/C18H17NO3/c20-18(17-12-21-15-7-3-4-8-16(15)22-17)19-10-9-13-5-1-2-6-14(13)11-19/h1-8,17H,9-12H2/t17-/m1/s1. The molecule has 2 heterocycles. The van der Waals surface area contributed by atoms with E-state index in [-0.39, 0.29) is 12.5 Å². The summed E-state index contributed by atoms with van der Waals surface area (Å²) in [6.45, 7) is 1.65. The summed E-state index contributed by atoms with van der Waals surface area (Å²) in [7, 11) is 0. The van der Waals surface area contributed by atoms with Crippen molar-refractivity contribution in [3.63, 3.8) is 0 Å². The van der Waals surface area contributed by atoms with Crippen molar-refractivity contribution < 1.29 is 14.3 Å². The van der Waals surface area contributed by atoms with E-state index in [1.165, 1.54) is 11.1 Å². The predicted molar refractivity (Wildman–Crippen MR) is 81.9 cm³/mol. The van der Waals surface area contributed by atoms with Gasteiger partial charge in [-0.2, -0.15) is 0 Å². The largest absolute Gasteiger partial charge is 0.485 e. The van der Waals surface area contributed by atoms with Crippen LogP contribution in [0.5, 0.6) is 11.5 Å². The topological polar surface area (TPSA) is 38.8 Å². The first kappa shape index (κ1) is 13.2. The van der Waals surface area contributed by atoms with E-state index in [4.69, 9.17) is 9.47 Å². The van der Waals surface area contributed by atoms with E-state index >= 15 is 0 Å². The normalized spacial score (nSPS) is 19.5. The van der Waals surface area contributed by atoms with E-state index < -0.39 is 6.10 Å². The van der Waals surface area contributed by atoms with E-state index in [1.54, 1.807) is 0 Å². The fraction of sp³-hybridized carbons (Fsp3) is 0.278. The van der Waals surface area contributed by atoms with Crippen LogP contribution in [0.2, 0.25) is 0 Å². The lowest BCUT2D eigenvalue weighted by Gasteiger charge is -2.33. The summed E-state index contributed by atoms with van der Waals surface area (Å²) >= 11 is 0. The Morgan fingerprint density at radius 1 is 1.00 bits per heavy atom. The number of benzene rings is 2. The molecule has 112 valence electrons. The van der Waals surface area contributed by atoms with Gasteiger partial charge in [-0.05, 0) is 29.7 Å². The Morgan fingerprint density at radius 2 is 1.73 bits per heavy atom. The summed E-state index contributed by atoms with van der Waals surface area (Å²) < 4.78 is 11.5. The van der Waals surface area contributed by atoms with Crippen molar-refractivity contribution in [1.29, 1.82) is 0 Å². The minimum Gasteiger partial charge on any atom is -0.485 e. The van der Waals surface area contributed by atoms with E-state index in [0.29, 0.717) is 18.0 Å². The molecule has 1 atom stereocenters.